The van der Waals surface area contributed by atoms with Gasteiger partial charge in [0.05, 0.1) is 31.2 Å². The number of hydrogen-bond donors (Lipinski definition) is 1. The molecule has 2 heterocycles. The summed E-state index contributed by atoms with van der Waals surface area (Å²) >= 11 is 0. The van der Waals surface area contributed by atoms with Crippen LogP contribution in [0, 0.1) is 0 Å². The van der Waals surface area contributed by atoms with E-state index in [9.17, 15) is 9.59 Å². The molecule has 1 atom stereocenters. The Hall–Kier alpha value is -4.17. The number of nitrogens with one attached hydrogen (secondary N) is 1. The van der Waals surface area contributed by atoms with E-state index < -0.39 is 5.92 Å². The minimum absolute atomic E-state index is 0.0730. The van der Waals surface area contributed by atoms with Gasteiger partial charge in [-0.05, 0) is 81.2 Å². The third kappa shape index (κ3) is 6.43. The molecular formula is C33H38N4O4. The largest absolute Gasteiger partial charge is 0.490 e. The Morgan fingerprint density at radius 1 is 0.951 bits per heavy atom. The highest BCUT2D eigenvalue weighted by atomic mass is 16.5. The molecule has 214 valence electrons. The van der Waals surface area contributed by atoms with E-state index in [2.05, 4.69) is 10.2 Å². The number of likely N-dealkylation sites (tertiary alicyclic amines) is 1. The molecule has 3 aromatic rings. The topological polar surface area (TPSA) is 83.5 Å². The Kier molecular flexibility index (Phi) is 8.99. The Labute approximate surface area is 242 Å². The molecule has 0 aliphatic carbocycles. The van der Waals surface area contributed by atoms with Gasteiger partial charge in [-0.2, -0.15) is 0 Å². The van der Waals surface area contributed by atoms with Gasteiger partial charge >= 0.3 is 0 Å². The van der Waals surface area contributed by atoms with Gasteiger partial charge in [-0.1, -0.05) is 36.8 Å². The molecule has 1 unspecified atom stereocenters. The van der Waals surface area contributed by atoms with Crippen molar-refractivity contribution in [2.75, 3.05) is 50.1 Å². The molecule has 5 rings (SSSR count). The van der Waals surface area contributed by atoms with Crippen molar-refractivity contribution in [2.45, 2.75) is 39.0 Å². The quantitative estimate of drug-likeness (QED) is 0.321. The van der Waals surface area contributed by atoms with E-state index >= 15 is 0 Å². The summed E-state index contributed by atoms with van der Waals surface area (Å²) in [5.74, 6) is 0.489. The summed E-state index contributed by atoms with van der Waals surface area (Å²) in [4.78, 5) is 35.3. The van der Waals surface area contributed by atoms with Crippen LogP contribution in [0.25, 0.3) is 0 Å². The molecule has 1 fully saturated rings. The van der Waals surface area contributed by atoms with Crippen molar-refractivity contribution in [3.8, 4) is 11.5 Å². The van der Waals surface area contributed by atoms with E-state index in [1.165, 1.54) is 6.42 Å². The molecule has 1 saturated heterocycles. The zero-order valence-electron chi connectivity index (χ0n) is 24.1. The van der Waals surface area contributed by atoms with Gasteiger partial charge in [0.1, 0.15) is 5.92 Å². The molecule has 3 aromatic carbocycles. The number of nitrogens with zero attached hydrogens (tertiary/aromatic N) is 3. The SMILES string of the molecule is CCOc1cc2c(cc1OCC)C(C(=Nc1ccc(N(C)C(=O)CN3CCCCC3)cc1)c1ccccc1)C(=O)N2. The number of hydrogen-bond acceptors (Lipinski definition) is 6. The Balaban J connectivity index is 1.45. The zero-order valence-corrected chi connectivity index (χ0v) is 24.1. The molecule has 0 spiro atoms. The fourth-order valence-corrected chi connectivity index (χ4v) is 5.43. The summed E-state index contributed by atoms with van der Waals surface area (Å²) in [7, 11) is 1.81. The second kappa shape index (κ2) is 13.0. The maximum Gasteiger partial charge on any atom is 0.240 e. The summed E-state index contributed by atoms with van der Waals surface area (Å²) < 4.78 is 11.6. The highest BCUT2D eigenvalue weighted by molar-refractivity contribution is 6.24. The van der Waals surface area contributed by atoms with Gasteiger partial charge in [-0.3, -0.25) is 19.5 Å². The summed E-state index contributed by atoms with van der Waals surface area (Å²) in [6.45, 7) is 7.19. The molecule has 8 nitrogen and oxygen atoms in total. The summed E-state index contributed by atoms with van der Waals surface area (Å²) in [5.41, 5.74) is 4.48. The van der Waals surface area contributed by atoms with Gasteiger partial charge in [0.25, 0.3) is 0 Å². The molecule has 41 heavy (non-hydrogen) atoms. The van der Waals surface area contributed by atoms with Gasteiger partial charge in [-0.25, -0.2) is 0 Å². The van der Waals surface area contributed by atoms with Gasteiger partial charge in [0.15, 0.2) is 11.5 Å². The maximum atomic E-state index is 13.4. The first-order valence-electron chi connectivity index (χ1n) is 14.5. The van der Waals surface area contributed by atoms with Crippen molar-refractivity contribution in [3.63, 3.8) is 0 Å². The smallest absolute Gasteiger partial charge is 0.240 e. The van der Waals surface area contributed by atoms with Gasteiger partial charge in [0, 0.05) is 24.5 Å². The van der Waals surface area contributed by atoms with Crippen LogP contribution in [0.5, 0.6) is 11.5 Å². The standard InChI is InChI=1S/C33H38N4O4/c1-4-40-28-20-26-27(21-29(28)41-5-2)35-33(39)31(26)32(23-12-8-6-9-13-23)34-24-14-16-25(17-15-24)36(3)30(38)22-37-18-10-7-11-19-37/h6,8-9,12-17,20-21,31H,4-5,7,10-11,18-19,22H2,1-3H3,(H,35,39). The van der Waals surface area contributed by atoms with E-state index in [0.717, 1.165) is 42.7 Å². The average molecular weight is 555 g/mol. The fraction of sp³-hybridized carbons (Fsp3) is 0.364. The van der Waals surface area contributed by atoms with E-state index in [1.807, 2.05) is 87.6 Å². The third-order valence-corrected chi connectivity index (χ3v) is 7.56. The molecule has 2 amide bonds. The molecule has 0 radical (unpaired) electrons. The Morgan fingerprint density at radius 2 is 1.61 bits per heavy atom. The molecule has 0 saturated carbocycles. The number of piperidine rings is 1. The van der Waals surface area contributed by atoms with Crippen molar-refractivity contribution >= 4 is 34.6 Å². The van der Waals surface area contributed by atoms with Crippen LogP contribution in [0.1, 0.15) is 50.2 Å². The van der Waals surface area contributed by atoms with E-state index in [4.69, 9.17) is 14.5 Å². The van der Waals surface area contributed by atoms with Crippen LogP contribution in [0.15, 0.2) is 71.7 Å². The number of ether oxygens (including phenoxy) is 2. The number of anilines is 2. The van der Waals surface area contributed by atoms with Crippen molar-refractivity contribution in [2.24, 2.45) is 4.99 Å². The number of benzene rings is 3. The van der Waals surface area contributed by atoms with Crippen LogP contribution in [-0.2, 0) is 9.59 Å². The Bertz CT molecular complexity index is 1400. The lowest BCUT2D eigenvalue weighted by molar-refractivity contribution is -0.119. The second-order valence-corrected chi connectivity index (χ2v) is 10.3. The van der Waals surface area contributed by atoms with Gasteiger partial charge < -0.3 is 19.7 Å². The summed E-state index contributed by atoms with van der Waals surface area (Å²) in [6.07, 6.45) is 3.54. The summed E-state index contributed by atoms with van der Waals surface area (Å²) in [5, 5.41) is 3.02. The van der Waals surface area contributed by atoms with Crippen LogP contribution < -0.4 is 19.7 Å². The number of fused-ring (bicyclic) bond motifs is 1. The number of rotatable bonds is 10. The van der Waals surface area contributed by atoms with Crippen LogP contribution >= 0.6 is 0 Å². The predicted octanol–water partition coefficient (Wildman–Crippen LogP) is 5.79. The summed E-state index contributed by atoms with van der Waals surface area (Å²) in [6, 6.07) is 21.0. The lowest BCUT2D eigenvalue weighted by atomic mass is 9.90. The maximum absolute atomic E-state index is 13.4. The molecule has 1 N–H and O–H groups in total. The van der Waals surface area contributed by atoms with Crippen LogP contribution in [0.2, 0.25) is 0 Å². The van der Waals surface area contributed by atoms with E-state index in [0.29, 0.717) is 48.3 Å². The molecule has 2 aliphatic rings. The minimum Gasteiger partial charge on any atom is -0.490 e. The van der Waals surface area contributed by atoms with Crippen LogP contribution in [0.3, 0.4) is 0 Å². The number of carbonyl (C=O) groups is 2. The third-order valence-electron chi connectivity index (χ3n) is 7.56. The molecular weight excluding hydrogens is 516 g/mol. The molecule has 0 aromatic heterocycles. The van der Waals surface area contributed by atoms with Gasteiger partial charge in [-0.15, -0.1) is 0 Å². The van der Waals surface area contributed by atoms with Crippen LogP contribution in [0.4, 0.5) is 17.1 Å². The first kappa shape index (κ1) is 28.4. The highest BCUT2D eigenvalue weighted by Gasteiger charge is 2.37. The first-order chi connectivity index (χ1) is 20.0. The van der Waals surface area contributed by atoms with Crippen molar-refractivity contribution in [3.05, 3.63) is 77.9 Å². The molecule has 0 bridgehead atoms. The first-order valence-corrected chi connectivity index (χ1v) is 14.5. The fourth-order valence-electron chi connectivity index (χ4n) is 5.43. The second-order valence-electron chi connectivity index (χ2n) is 10.3. The number of likely N-dealkylation sites (N-methyl/N-ethyl adjacent to an activating group) is 1. The average Bonchev–Trinajstić information content (AvgIpc) is 3.31. The zero-order chi connectivity index (χ0) is 28.8. The van der Waals surface area contributed by atoms with Crippen molar-refractivity contribution < 1.29 is 19.1 Å². The lowest BCUT2D eigenvalue weighted by Crippen LogP contribution is -2.40. The monoisotopic (exact) mass is 554 g/mol. The number of amides is 2. The van der Waals surface area contributed by atoms with Gasteiger partial charge in [0.2, 0.25) is 11.8 Å². The molecule has 2 aliphatic heterocycles. The number of carbonyl (C=O) groups excluding carboxylic acids is 2. The lowest BCUT2D eigenvalue weighted by Gasteiger charge is -2.28. The van der Waals surface area contributed by atoms with Crippen LogP contribution in [-0.4, -0.2) is 62.3 Å². The van der Waals surface area contributed by atoms with Crippen molar-refractivity contribution in [1.82, 2.24) is 4.90 Å². The normalized spacial score (nSPS) is 17.1. The Morgan fingerprint density at radius 3 is 2.27 bits per heavy atom. The van der Waals surface area contributed by atoms with Crippen molar-refractivity contribution in [1.29, 1.82) is 0 Å². The predicted molar refractivity (Wildman–Crippen MR) is 163 cm³/mol. The minimum atomic E-state index is -0.629. The highest BCUT2D eigenvalue weighted by Crippen LogP contribution is 2.43. The van der Waals surface area contributed by atoms with E-state index in [-0.39, 0.29) is 11.8 Å². The molecule has 8 heteroatoms. The number of aliphatic imine (C=N–C) groups is 1. The van der Waals surface area contributed by atoms with E-state index in [1.54, 1.807) is 4.90 Å².